The Labute approximate surface area is 152 Å². The summed E-state index contributed by atoms with van der Waals surface area (Å²) >= 11 is 0. The molecule has 0 aliphatic rings. The maximum atomic E-state index is 12.7. The van der Waals surface area contributed by atoms with Gasteiger partial charge in [-0.25, -0.2) is 0 Å². The van der Waals surface area contributed by atoms with Gasteiger partial charge in [-0.05, 0) is 29.8 Å². The second kappa shape index (κ2) is 8.12. The first-order valence-corrected chi connectivity index (χ1v) is 8.44. The average molecular weight is 345 g/mol. The molecule has 0 heterocycles. The number of carbonyl (C=O) groups excluding carboxylic acids is 2. The molecule has 1 amide bonds. The monoisotopic (exact) mass is 345 g/mol. The van der Waals surface area contributed by atoms with E-state index in [1.165, 1.54) is 0 Å². The van der Waals surface area contributed by atoms with Crippen molar-refractivity contribution in [3.63, 3.8) is 0 Å². The molecule has 4 nitrogen and oxygen atoms in total. The highest BCUT2D eigenvalue weighted by atomic mass is 16.5. The molecule has 0 saturated heterocycles. The third-order valence-electron chi connectivity index (χ3n) is 3.88. The number of carbonyl (C=O) groups is 2. The van der Waals surface area contributed by atoms with Gasteiger partial charge in [-0.2, -0.15) is 0 Å². The van der Waals surface area contributed by atoms with Gasteiger partial charge >= 0.3 is 5.97 Å². The molecule has 26 heavy (non-hydrogen) atoms. The first-order chi connectivity index (χ1) is 12.7. The van der Waals surface area contributed by atoms with Gasteiger partial charge in [0.05, 0.1) is 0 Å². The van der Waals surface area contributed by atoms with Gasteiger partial charge in [0.25, 0.3) is 5.91 Å². The van der Waals surface area contributed by atoms with Crippen LogP contribution < -0.4 is 10.1 Å². The number of nitrogens with one attached hydrogen (secondary N) is 1. The van der Waals surface area contributed by atoms with Crippen LogP contribution in [0.1, 0.15) is 23.7 Å². The Morgan fingerprint density at radius 2 is 1.62 bits per heavy atom. The topological polar surface area (TPSA) is 55.4 Å². The van der Waals surface area contributed by atoms with Crippen molar-refractivity contribution in [1.29, 1.82) is 0 Å². The van der Waals surface area contributed by atoms with Gasteiger partial charge in [0.15, 0.2) is 0 Å². The Morgan fingerprint density at radius 1 is 0.885 bits per heavy atom. The Hall–Kier alpha value is -3.40. The Balaban J connectivity index is 1.83. The zero-order chi connectivity index (χ0) is 18.4. The molecule has 0 aromatic heterocycles. The van der Waals surface area contributed by atoms with E-state index in [1.807, 2.05) is 54.6 Å². The van der Waals surface area contributed by atoms with Crippen LogP contribution in [0.5, 0.6) is 5.75 Å². The largest absolute Gasteiger partial charge is 0.427 e. The van der Waals surface area contributed by atoms with Gasteiger partial charge < -0.3 is 10.1 Å². The Bertz CT molecular complexity index is 919. The molecule has 0 aliphatic carbocycles. The molecule has 0 fully saturated rings. The molecule has 1 N–H and O–H groups in total. The van der Waals surface area contributed by atoms with Crippen LogP contribution in [0.4, 0.5) is 5.69 Å². The fourth-order valence-corrected chi connectivity index (χ4v) is 2.56. The molecular weight excluding hydrogens is 326 g/mol. The lowest BCUT2D eigenvalue weighted by molar-refractivity contribution is -0.134. The quantitative estimate of drug-likeness (QED) is 0.527. The van der Waals surface area contributed by atoms with E-state index < -0.39 is 0 Å². The molecular formula is C22H19NO3. The van der Waals surface area contributed by atoms with Crippen LogP contribution in [0.15, 0.2) is 78.9 Å². The van der Waals surface area contributed by atoms with Crippen molar-refractivity contribution in [3.8, 4) is 16.9 Å². The predicted molar refractivity (Wildman–Crippen MR) is 102 cm³/mol. The summed E-state index contributed by atoms with van der Waals surface area (Å²) < 4.78 is 5.18. The van der Waals surface area contributed by atoms with Crippen LogP contribution in [-0.2, 0) is 4.79 Å². The predicted octanol–water partition coefficient (Wildman–Crippen LogP) is 4.92. The molecule has 0 atom stereocenters. The number of para-hydroxylation sites is 1. The Morgan fingerprint density at radius 3 is 2.38 bits per heavy atom. The van der Waals surface area contributed by atoms with E-state index in [2.05, 4.69) is 5.32 Å². The lowest BCUT2D eigenvalue weighted by Gasteiger charge is -2.12. The Kier molecular flexibility index (Phi) is 5.44. The van der Waals surface area contributed by atoms with Crippen LogP contribution in [0.2, 0.25) is 0 Å². The lowest BCUT2D eigenvalue weighted by Crippen LogP contribution is -2.13. The first kappa shape index (κ1) is 17.4. The first-order valence-electron chi connectivity index (χ1n) is 8.44. The van der Waals surface area contributed by atoms with E-state index >= 15 is 0 Å². The minimum atomic E-state index is -0.336. The number of benzene rings is 3. The van der Waals surface area contributed by atoms with E-state index in [9.17, 15) is 9.59 Å². The number of hydrogen-bond donors (Lipinski definition) is 1. The summed E-state index contributed by atoms with van der Waals surface area (Å²) in [5.41, 5.74) is 3.11. The van der Waals surface area contributed by atoms with Crippen molar-refractivity contribution in [2.24, 2.45) is 0 Å². The van der Waals surface area contributed by atoms with Gasteiger partial charge in [0, 0.05) is 23.2 Å². The highest BCUT2D eigenvalue weighted by molar-refractivity contribution is 6.06. The molecule has 0 radical (unpaired) electrons. The average Bonchev–Trinajstić information content (AvgIpc) is 2.69. The maximum Gasteiger partial charge on any atom is 0.310 e. The minimum Gasteiger partial charge on any atom is -0.427 e. The zero-order valence-electron chi connectivity index (χ0n) is 14.4. The van der Waals surface area contributed by atoms with Crippen LogP contribution >= 0.6 is 0 Å². The molecule has 0 saturated carbocycles. The summed E-state index contributed by atoms with van der Waals surface area (Å²) in [7, 11) is 0. The van der Waals surface area contributed by atoms with E-state index in [-0.39, 0.29) is 18.3 Å². The zero-order valence-corrected chi connectivity index (χ0v) is 14.4. The van der Waals surface area contributed by atoms with Crippen molar-refractivity contribution in [2.75, 3.05) is 5.32 Å². The van der Waals surface area contributed by atoms with Crippen LogP contribution in [0.3, 0.4) is 0 Å². The SMILES string of the molecule is CCC(=O)Oc1cccc(C(=O)Nc2ccccc2-c2ccccc2)c1. The van der Waals surface area contributed by atoms with Gasteiger partial charge in [-0.15, -0.1) is 0 Å². The molecule has 0 spiro atoms. The maximum absolute atomic E-state index is 12.7. The number of anilines is 1. The van der Waals surface area contributed by atoms with Crippen molar-refractivity contribution in [1.82, 2.24) is 0 Å². The van der Waals surface area contributed by atoms with Crippen molar-refractivity contribution >= 4 is 17.6 Å². The van der Waals surface area contributed by atoms with Crippen molar-refractivity contribution < 1.29 is 14.3 Å². The highest BCUT2D eigenvalue weighted by Gasteiger charge is 2.11. The summed E-state index contributed by atoms with van der Waals surface area (Å²) in [6.45, 7) is 1.72. The van der Waals surface area contributed by atoms with Crippen molar-refractivity contribution in [3.05, 3.63) is 84.4 Å². The van der Waals surface area contributed by atoms with E-state index in [4.69, 9.17) is 4.74 Å². The molecule has 130 valence electrons. The third kappa shape index (κ3) is 4.16. The normalized spacial score (nSPS) is 10.2. The van der Waals surface area contributed by atoms with Gasteiger partial charge in [-0.3, -0.25) is 9.59 Å². The molecule has 3 rings (SSSR count). The number of rotatable bonds is 5. The number of ether oxygens (including phenoxy) is 1. The fraction of sp³-hybridized carbons (Fsp3) is 0.0909. The summed E-state index contributed by atoms with van der Waals surface area (Å²) in [4.78, 5) is 24.1. The minimum absolute atomic E-state index is 0.261. The van der Waals surface area contributed by atoms with Gasteiger partial charge in [-0.1, -0.05) is 61.5 Å². The second-order valence-electron chi connectivity index (χ2n) is 5.72. The lowest BCUT2D eigenvalue weighted by atomic mass is 10.0. The van der Waals surface area contributed by atoms with Crippen LogP contribution in [0.25, 0.3) is 11.1 Å². The smallest absolute Gasteiger partial charge is 0.310 e. The van der Waals surface area contributed by atoms with E-state index in [1.54, 1.807) is 31.2 Å². The summed E-state index contributed by atoms with van der Waals surface area (Å²) in [5.74, 6) is -0.236. The molecule has 0 aliphatic heterocycles. The highest BCUT2D eigenvalue weighted by Crippen LogP contribution is 2.28. The summed E-state index contributed by atoms with van der Waals surface area (Å²) in [6, 6.07) is 24.1. The van der Waals surface area contributed by atoms with Crippen LogP contribution in [0, 0.1) is 0 Å². The number of esters is 1. The third-order valence-corrected chi connectivity index (χ3v) is 3.88. The van der Waals surface area contributed by atoms with Crippen LogP contribution in [-0.4, -0.2) is 11.9 Å². The van der Waals surface area contributed by atoms with Crippen molar-refractivity contribution in [2.45, 2.75) is 13.3 Å². The molecule has 0 bridgehead atoms. The van der Waals surface area contributed by atoms with Gasteiger partial charge in [0.2, 0.25) is 0 Å². The number of amides is 1. The molecule has 0 unspecified atom stereocenters. The molecule has 3 aromatic carbocycles. The second-order valence-corrected chi connectivity index (χ2v) is 5.72. The molecule has 3 aromatic rings. The summed E-state index contributed by atoms with van der Waals surface area (Å²) in [5, 5.41) is 2.94. The number of hydrogen-bond acceptors (Lipinski definition) is 3. The molecule has 4 heteroatoms. The van der Waals surface area contributed by atoms with E-state index in [0.29, 0.717) is 11.3 Å². The fourth-order valence-electron chi connectivity index (χ4n) is 2.56. The van der Waals surface area contributed by atoms with Gasteiger partial charge in [0.1, 0.15) is 5.75 Å². The standard InChI is InChI=1S/C22H19NO3/c1-2-21(24)26-18-12-8-11-17(15-18)22(25)23-20-14-7-6-13-19(20)16-9-4-3-5-10-16/h3-15H,2H2,1H3,(H,23,25). The van der Waals surface area contributed by atoms with E-state index in [0.717, 1.165) is 16.8 Å². The summed E-state index contributed by atoms with van der Waals surface area (Å²) in [6.07, 6.45) is 0.279.